The Labute approximate surface area is 124 Å². The third-order valence-electron chi connectivity index (χ3n) is 2.55. The minimum atomic E-state index is -0.420. The topological polar surface area (TPSA) is 35.2 Å². The number of ether oxygens (including phenoxy) is 1. The van der Waals surface area contributed by atoms with E-state index in [1.165, 1.54) is 6.07 Å². The molecule has 100 valence electrons. The molecule has 0 aliphatic carbocycles. The van der Waals surface area contributed by atoms with E-state index in [-0.39, 0.29) is 5.75 Å². The van der Waals surface area contributed by atoms with E-state index in [4.69, 9.17) is 22.1 Å². The van der Waals surface area contributed by atoms with E-state index in [2.05, 4.69) is 15.9 Å². The van der Waals surface area contributed by atoms with Gasteiger partial charge >= 0.3 is 0 Å². The average Bonchev–Trinajstić information content (AvgIpc) is 2.37. The summed E-state index contributed by atoms with van der Waals surface area (Å²) in [5.41, 5.74) is 6.40. The van der Waals surface area contributed by atoms with Crippen molar-refractivity contribution >= 4 is 27.5 Å². The van der Waals surface area contributed by atoms with Crippen molar-refractivity contribution < 1.29 is 9.13 Å². The maximum atomic E-state index is 13.7. The lowest BCUT2D eigenvalue weighted by Gasteiger charge is -2.12. The summed E-state index contributed by atoms with van der Waals surface area (Å²) in [5.74, 6) is 0.304. The Hall–Kier alpha value is -1.10. The Kier molecular flexibility index (Phi) is 4.80. The van der Waals surface area contributed by atoms with Crippen LogP contribution in [-0.2, 0) is 6.42 Å². The molecule has 0 aromatic heterocycles. The molecule has 0 heterocycles. The standard InChI is InChI=1S/C14H12BrClFNO/c15-10-1-3-12(17)14(8-10)19-13-4-2-11(16)7-9(13)5-6-18/h1-4,7-8H,5-6,18H2. The van der Waals surface area contributed by atoms with Crippen LogP contribution < -0.4 is 10.5 Å². The van der Waals surface area contributed by atoms with Crippen LogP contribution in [-0.4, -0.2) is 6.54 Å². The van der Waals surface area contributed by atoms with Crippen molar-refractivity contribution in [1.29, 1.82) is 0 Å². The lowest BCUT2D eigenvalue weighted by atomic mass is 10.1. The van der Waals surface area contributed by atoms with Crippen LogP contribution in [0.4, 0.5) is 4.39 Å². The molecule has 0 unspecified atom stereocenters. The molecular weight excluding hydrogens is 333 g/mol. The predicted molar refractivity (Wildman–Crippen MR) is 78.4 cm³/mol. The molecule has 0 amide bonds. The van der Waals surface area contributed by atoms with Gasteiger partial charge in [-0.25, -0.2) is 4.39 Å². The summed E-state index contributed by atoms with van der Waals surface area (Å²) in [6, 6.07) is 9.74. The van der Waals surface area contributed by atoms with Crippen LogP contribution in [0.3, 0.4) is 0 Å². The summed E-state index contributed by atoms with van der Waals surface area (Å²) in [7, 11) is 0. The van der Waals surface area contributed by atoms with Crippen molar-refractivity contribution in [3.8, 4) is 11.5 Å². The molecule has 0 aliphatic rings. The Morgan fingerprint density at radius 3 is 2.68 bits per heavy atom. The van der Waals surface area contributed by atoms with Crippen LogP contribution in [0.2, 0.25) is 5.02 Å². The SMILES string of the molecule is NCCc1cc(Cl)ccc1Oc1cc(Br)ccc1F. The molecule has 0 atom stereocenters. The third-order valence-corrected chi connectivity index (χ3v) is 3.28. The van der Waals surface area contributed by atoms with Crippen molar-refractivity contribution in [3.05, 3.63) is 57.3 Å². The number of hydrogen-bond donors (Lipinski definition) is 1. The van der Waals surface area contributed by atoms with Crippen LogP contribution in [0.25, 0.3) is 0 Å². The molecule has 0 fully saturated rings. The van der Waals surface area contributed by atoms with Gasteiger partial charge in [0.05, 0.1) is 0 Å². The highest BCUT2D eigenvalue weighted by molar-refractivity contribution is 9.10. The van der Waals surface area contributed by atoms with Crippen molar-refractivity contribution in [1.82, 2.24) is 0 Å². The first-order valence-corrected chi connectivity index (χ1v) is 6.88. The number of rotatable bonds is 4. The van der Waals surface area contributed by atoms with Gasteiger partial charge in [-0.15, -0.1) is 0 Å². The summed E-state index contributed by atoms with van der Waals surface area (Å²) >= 11 is 9.22. The fraction of sp³-hybridized carbons (Fsp3) is 0.143. The first-order valence-electron chi connectivity index (χ1n) is 5.71. The molecular formula is C14H12BrClFNO. The van der Waals surface area contributed by atoms with Crippen molar-refractivity contribution in [2.45, 2.75) is 6.42 Å². The molecule has 0 bridgehead atoms. The predicted octanol–water partition coefficient (Wildman–Crippen LogP) is 4.54. The molecule has 2 nitrogen and oxygen atoms in total. The zero-order valence-electron chi connectivity index (χ0n) is 10.00. The molecule has 2 aromatic rings. The van der Waals surface area contributed by atoms with Crippen LogP contribution in [0.1, 0.15) is 5.56 Å². The Morgan fingerprint density at radius 1 is 1.16 bits per heavy atom. The molecule has 5 heteroatoms. The zero-order chi connectivity index (χ0) is 13.8. The van der Waals surface area contributed by atoms with Gasteiger partial charge in [0, 0.05) is 9.50 Å². The van der Waals surface area contributed by atoms with Gasteiger partial charge in [-0.3, -0.25) is 0 Å². The van der Waals surface area contributed by atoms with Gasteiger partial charge in [0.2, 0.25) is 0 Å². The number of hydrogen-bond acceptors (Lipinski definition) is 2. The second-order valence-electron chi connectivity index (χ2n) is 3.97. The van der Waals surface area contributed by atoms with Crippen LogP contribution in [0.5, 0.6) is 11.5 Å². The van der Waals surface area contributed by atoms with Crippen LogP contribution >= 0.6 is 27.5 Å². The van der Waals surface area contributed by atoms with E-state index in [0.29, 0.717) is 23.7 Å². The minimum Gasteiger partial charge on any atom is -0.454 e. The van der Waals surface area contributed by atoms with E-state index in [1.54, 1.807) is 30.3 Å². The van der Waals surface area contributed by atoms with E-state index in [9.17, 15) is 4.39 Å². The van der Waals surface area contributed by atoms with Crippen LogP contribution in [0.15, 0.2) is 40.9 Å². The van der Waals surface area contributed by atoms with Gasteiger partial charge in [-0.05, 0) is 54.9 Å². The first-order chi connectivity index (χ1) is 9.10. The second kappa shape index (κ2) is 6.37. The number of benzene rings is 2. The van der Waals surface area contributed by atoms with Gasteiger partial charge < -0.3 is 10.5 Å². The third kappa shape index (κ3) is 3.69. The smallest absolute Gasteiger partial charge is 0.165 e. The molecule has 0 aliphatic heterocycles. The minimum absolute atomic E-state index is 0.162. The summed E-state index contributed by atoms with van der Waals surface area (Å²) in [6.45, 7) is 0.470. The van der Waals surface area contributed by atoms with Crippen molar-refractivity contribution in [3.63, 3.8) is 0 Å². The van der Waals surface area contributed by atoms with Gasteiger partial charge in [0.15, 0.2) is 11.6 Å². The van der Waals surface area contributed by atoms with E-state index >= 15 is 0 Å². The van der Waals surface area contributed by atoms with Gasteiger partial charge in [0.25, 0.3) is 0 Å². The number of halogens is 3. The molecule has 2 rings (SSSR count). The van der Waals surface area contributed by atoms with Crippen molar-refractivity contribution in [2.24, 2.45) is 5.73 Å². The lowest BCUT2D eigenvalue weighted by molar-refractivity contribution is 0.437. The maximum absolute atomic E-state index is 13.7. The fourth-order valence-electron chi connectivity index (χ4n) is 1.67. The normalized spacial score (nSPS) is 10.5. The number of nitrogens with two attached hydrogens (primary N) is 1. The second-order valence-corrected chi connectivity index (χ2v) is 5.32. The molecule has 0 saturated carbocycles. The monoisotopic (exact) mass is 343 g/mol. The van der Waals surface area contributed by atoms with Gasteiger partial charge in [-0.1, -0.05) is 27.5 Å². The first kappa shape index (κ1) is 14.3. The molecule has 2 N–H and O–H groups in total. The van der Waals surface area contributed by atoms with Crippen molar-refractivity contribution in [2.75, 3.05) is 6.54 Å². The largest absolute Gasteiger partial charge is 0.454 e. The molecule has 0 radical (unpaired) electrons. The van der Waals surface area contributed by atoms with E-state index in [0.717, 1.165) is 10.0 Å². The van der Waals surface area contributed by atoms with E-state index in [1.807, 2.05) is 0 Å². The average molecular weight is 345 g/mol. The highest BCUT2D eigenvalue weighted by Crippen LogP contribution is 2.31. The summed E-state index contributed by atoms with van der Waals surface area (Å²) in [4.78, 5) is 0. The summed E-state index contributed by atoms with van der Waals surface area (Å²) in [5, 5.41) is 0.602. The molecule has 0 saturated heterocycles. The highest BCUT2D eigenvalue weighted by atomic mass is 79.9. The fourth-order valence-corrected chi connectivity index (χ4v) is 2.21. The van der Waals surface area contributed by atoms with Gasteiger partial charge in [-0.2, -0.15) is 0 Å². The quantitative estimate of drug-likeness (QED) is 0.884. The Bertz CT molecular complexity index is 592. The van der Waals surface area contributed by atoms with Crippen LogP contribution in [0, 0.1) is 5.82 Å². The molecule has 2 aromatic carbocycles. The summed E-state index contributed by atoms with van der Waals surface area (Å²) < 4.78 is 20.0. The van der Waals surface area contributed by atoms with E-state index < -0.39 is 5.82 Å². The summed E-state index contributed by atoms with van der Waals surface area (Å²) in [6.07, 6.45) is 0.617. The Balaban J connectivity index is 2.34. The Morgan fingerprint density at radius 2 is 1.95 bits per heavy atom. The zero-order valence-corrected chi connectivity index (χ0v) is 12.3. The van der Waals surface area contributed by atoms with Gasteiger partial charge in [0.1, 0.15) is 5.75 Å². The highest BCUT2D eigenvalue weighted by Gasteiger charge is 2.09. The maximum Gasteiger partial charge on any atom is 0.165 e. The molecule has 19 heavy (non-hydrogen) atoms. The lowest BCUT2D eigenvalue weighted by Crippen LogP contribution is -2.04. The molecule has 0 spiro atoms.